The van der Waals surface area contributed by atoms with E-state index in [9.17, 15) is 4.79 Å². The third-order valence-corrected chi connectivity index (χ3v) is 4.06. The third kappa shape index (κ3) is 4.44. The summed E-state index contributed by atoms with van der Waals surface area (Å²) >= 11 is 0. The molecule has 3 atom stereocenters. The van der Waals surface area contributed by atoms with Gasteiger partial charge in [0.2, 0.25) is 5.91 Å². The lowest BCUT2D eigenvalue weighted by Gasteiger charge is -2.36. The average molecular weight is 271 g/mol. The number of hydrogen-bond acceptors (Lipinski definition) is 4. The zero-order valence-corrected chi connectivity index (χ0v) is 12.7. The number of rotatable bonds is 6. The molecule has 1 amide bonds. The maximum absolute atomic E-state index is 12.6. The molecular weight excluding hydrogens is 242 g/mol. The van der Waals surface area contributed by atoms with Crippen LogP contribution in [-0.2, 0) is 9.53 Å². The smallest absolute Gasteiger partial charge is 0.241 e. The van der Waals surface area contributed by atoms with Gasteiger partial charge in [0.15, 0.2) is 0 Å². The molecule has 1 saturated heterocycles. The zero-order valence-electron chi connectivity index (χ0n) is 12.7. The average Bonchev–Trinajstić information content (AvgIpc) is 2.43. The fourth-order valence-electron chi connectivity index (χ4n) is 2.39. The normalized spacial score (nSPS) is 23.2. The number of carbonyl (C=O) groups is 1. The number of ether oxygens (including phenoxy) is 1. The molecule has 0 aromatic carbocycles. The van der Waals surface area contributed by atoms with Crippen molar-refractivity contribution in [2.45, 2.75) is 45.7 Å². The van der Waals surface area contributed by atoms with E-state index in [4.69, 9.17) is 10.5 Å². The SMILES string of the molecule is CNCN(C(=O)C(N)C1CCCOC1)C(C)C(C)C. The number of hydrogen-bond donors (Lipinski definition) is 2. The molecule has 112 valence electrons. The highest BCUT2D eigenvalue weighted by atomic mass is 16.5. The van der Waals surface area contributed by atoms with Gasteiger partial charge < -0.3 is 20.7 Å². The Bertz CT molecular complexity index is 278. The van der Waals surface area contributed by atoms with Crippen LogP contribution in [0.25, 0.3) is 0 Å². The van der Waals surface area contributed by atoms with Gasteiger partial charge in [-0.2, -0.15) is 0 Å². The van der Waals surface area contributed by atoms with Gasteiger partial charge in [0.25, 0.3) is 0 Å². The molecule has 5 heteroatoms. The molecule has 3 unspecified atom stereocenters. The highest BCUT2D eigenvalue weighted by Crippen LogP contribution is 2.19. The van der Waals surface area contributed by atoms with E-state index in [1.54, 1.807) is 0 Å². The van der Waals surface area contributed by atoms with E-state index in [-0.39, 0.29) is 17.9 Å². The monoisotopic (exact) mass is 271 g/mol. The predicted molar refractivity (Wildman–Crippen MR) is 76.6 cm³/mol. The van der Waals surface area contributed by atoms with Crippen molar-refractivity contribution in [2.75, 3.05) is 26.9 Å². The Hall–Kier alpha value is -0.650. The minimum atomic E-state index is -0.449. The van der Waals surface area contributed by atoms with Crippen molar-refractivity contribution in [3.63, 3.8) is 0 Å². The maximum atomic E-state index is 12.6. The summed E-state index contributed by atoms with van der Waals surface area (Å²) in [4.78, 5) is 14.4. The molecule has 0 radical (unpaired) electrons. The molecule has 1 aliphatic rings. The predicted octanol–water partition coefficient (Wildman–Crippen LogP) is 0.790. The lowest BCUT2D eigenvalue weighted by atomic mass is 9.92. The summed E-state index contributed by atoms with van der Waals surface area (Å²) in [5.41, 5.74) is 6.16. The van der Waals surface area contributed by atoms with E-state index in [1.807, 2.05) is 11.9 Å². The van der Waals surface area contributed by atoms with Crippen LogP contribution in [0.2, 0.25) is 0 Å². The zero-order chi connectivity index (χ0) is 14.4. The van der Waals surface area contributed by atoms with Crippen LogP contribution in [0.15, 0.2) is 0 Å². The van der Waals surface area contributed by atoms with E-state index >= 15 is 0 Å². The fourth-order valence-corrected chi connectivity index (χ4v) is 2.39. The molecular formula is C14H29N3O2. The molecule has 0 aliphatic carbocycles. The van der Waals surface area contributed by atoms with Crippen LogP contribution in [0.5, 0.6) is 0 Å². The molecule has 0 saturated carbocycles. The number of nitrogens with one attached hydrogen (secondary N) is 1. The first-order valence-electron chi connectivity index (χ1n) is 7.27. The van der Waals surface area contributed by atoms with Gasteiger partial charge in [0.05, 0.1) is 19.3 Å². The van der Waals surface area contributed by atoms with E-state index in [0.29, 0.717) is 19.2 Å². The van der Waals surface area contributed by atoms with Crippen molar-refractivity contribution in [1.82, 2.24) is 10.2 Å². The summed E-state index contributed by atoms with van der Waals surface area (Å²) < 4.78 is 5.43. The number of nitrogens with zero attached hydrogens (tertiary/aromatic N) is 1. The molecule has 5 nitrogen and oxygen atoms in total. The third-order valence-electron chi connectivity index (χ3n) is 4.06. The quantitative estimate of drug-likeness (QED) is 0.701. The van der Waals surface area contributed by atoms with Crippen molar-refractivity contribution in [1.29, 1.82) is 0 Å². The van der Waals surface area contributed by atoms with E-state index in [2.05, 4.69) is 26.1 Å². The second kappa shape index (κ2) is 7.82. The molecule has 0 aromatic heterocycles. The van der Waals surface area contributed by atoms with Gasteiger partial charge in [-0.1, -0.05) is 13.8 Å². The summed E-state index contributed by atoms with van der Waals surface area (Å²) in [7, 11) is 1.85. The molecule has 0 bridgehead atoms. The molecule has 19 heavy (non-hydrogen) atoms. The van der Waals surface area contributed by atoms with E-state index in [1.165, 1.54) is 0 Å². The summed E-state index contributed by atoms with van der Waals surface area (Å²) in [6, 6.07) is -0.273. The van der Waals surface area contributed by atoms with Crippen LogP contribution in [0.4, 0.5) is 0 Å². The van der Waals surface area contributed by atoms with Crippen LogP contribution in [0.3, 0.4) is 0 Å². The second-order valence-electron chi connectivity index (χ2n) is 5.81. The minimum Gasteiger partial charge on any atom is -0.381 e. The minimum absolute atomic E-state index is 0.0334. The molecule has 1 aliphatic heterocycles. The van der Waals surface area contributed by atoms with E-state index < -0.39 is 6.04 Å². The lowest BCUT2D eigenvalue weighted by Crippen LogP contribution is -2.55. The van der Waals surface area contributed by atoms with Crippen molar-refractivity contribution >= 4 is 5.91 Å². The van der Waals surface area contributed by atoms with Gasteiger partial charge >= 0.3 is 0 Å². The van der Waals surface area contributed by atoms with Crippen LogP contribution in [0.1, 0.15) is 33.6 Å². The molecule has 0 spiro atoms. The Morgan fingerprint density at radius 3 is 2.63 bits per heavy atom. The van der Waals surface area contributed by atoms with Crippen LogP contribution in [0, 0.1) is 11.8 Å². The Kier molecular flexibility index (Phi) is 6.75. The van der Waals surface area contributed by atoms with Gasteiger partial charge in [-0.25, -0.2) is 0 Å². The van der Waals surface area contributed by atoms with Crippen molar-refractivity contribution < 1.29 is 9.53 Å². The second-order valence-corrected chi connectivity index (χ2v) is 5.81. The molecule has 1 fully saturated rings. The standard InChI is InChI=1S/C14H29N3O2/c1-10(2)11(3)17(9-16-4)14(18)13(15)12-6-5-7-19-8-12/h10-13,16H,5-9,15H2,1-4H3. The van der Waals surface area contributed by atoms with Crippen molar-refractivity contribution in [3.05, 3.63) is 0 Å². The van der Waals surface area contributed by atoms with Crippen LogP contribution < -0.4 is 11.1 Å². The van der Waals surface area contributed by atoms with Gasteiger partial charge in [-0.3, -0.25) is 4.79 Å². The number of amides is 1. The van der Waals surface area contributed by atoms with Crippen molar-refractivity contribution in [2.24, 2.45) is 17.6 Å². The first-order valence-corrected chi connectivity index (χ1v) is 7.27. The Morgan fingerprint density at radius 1 is 1.47 bits per heavy atom. The van der Waals surface area contributed by atoms with Gasteiger partial charge in [0.1, 0.15) is 0 Å². The van der Waals surface area contributed by atoms with E-state index in [0.717, 1.165) is 19.4 Å². The topological polar surface area (TPSA) is 67.6 Å². The summed E-state index contributed by atoms with van der Waals surface area (Å²) in [5.74, 6) is 0.595. The Morgan fingerprint density at radius 2 is 2.16 bits per heavy atom. The largest absolute Gasteiger partial charge is 0.381 e. The fraction of sp³-hybridized carbons (Fsp3) is 0.929. The summed E-state index contributed by atoms with van der Waals surface area (Å²) in [5, 5.41) is 3.06. The Balaban J connectivity index is 2.68. The van der Waals surface area contributed by atoms with Crippen LogP contribution in [-0.4, -0.2) is 49.8 Å². The number of carbonyl (C=O) groups excluding carboxylic acids is 1. The highest BCUT2D eigenvalue weighted by molar-refractivity contribution is 5.82. The Labute approximate surface area is 116 Å². The van der Waals surface area contributed by atoms with Crippen molar-refractivity contribution in [3.8, 4) is 0 Å². The highest BCUT2D eigenvalue weighted by Gasteiger charge is 2.32. The summed E-state index contributed by atoms with van der Waals surface area (Å²) in [6.07, 6.45) is 1.98. The maximum Gasteiger partial charge on any atom is 0.241 e. The first-order chi connectivity index (χ1) is 8.99. The van der Waals surface area contributed by atoms with Crippen LogP contribution >= 0.6 is 0 Å². The molecule has 1 heterocycles. The molecule has 1 rings (SSSR count). The molecule has 3 N–H and O–H groups in total. The lowest BCUT2D eigenvalue weighted by molar-refractivity contribution is -0.138. The first kappa shape index (κ1) is 16.4. The molecule has 0 aromatic rings. The van der Waals surface area contributed by atoms with Gasteiger partial charge in [-0.15, -0.1) is 0 Å². The summed E-state index contributed by atoms with van der Waals surface area (Å²) in [6.45, 7) is 8.26. The van der Waals surface area contributed by atoms with Gasteiger partial charge in [0, 0.05) is 18.6 Å². The van der Waals surface area contributed by atoms with Gasteiger partial charge in [-0.05, 0) is 32.7 Å². The number of nitrogens with two attached hydrogens (primary N) is 1.